The predicted octanol–water partition coefficient (Wildman–Crippen LogP) is 2.73. The minimum atomic E-state index is -0.409. The van der Waals surface area contributed by atoms with Gasteiger partial charge in [-0.25, -0.2) is 0 Å². The second-order valence-corrected chi connectivity index (χ2v) is 6.95. The first-order valence-corrected chi connectivity index (χ1v) is 9.50. The molecule has 28 heavy (non-hydrogen) atoms. The third-order valence-corrected chi connectivity index (χ3v) is 4.68. The largest absolute Gasteiger partial charge is 0.491 e. The topological polar surface area (TPSA) is 88.7 Å². The Bertz CT molecular complexity index is 859. The van der Waals surface area contributed by atoms with Crippen LogP contribution in [0.3, 0.4) is 0 Å². The molecular weight excluding hydrogens is 446 g/mol. The molecule has 0 aliphatic heterocycles. The van der Waals surface area contributed by atoms with E-state index >= 15 is 0 Å². The highest BCUT2D eigenvalue weighted by Gasteiger charge is 2.10. The molecule has 0 unspecified atom stereocenters. The van der Waals surface area contributed by atoms with Crippen LogP contribution in [0.4, 0.5) is 0 Å². The number of halogens is 1. The van der Waals surface area contributed by atoms with Gasteiger partial charge in [-0.15, -0.1) is 0 Å². The Balaban J connectivity index is 1.82. The number of benzene rings is 2. The number of amides is 2. The van der Waals surface area contributed by atoms with Gasteiger partial charge in [0.2, 0.25) is 0 Å². The Kier molecular flexibility index (Phi) is 8.37. The summed E-state index contributed by atoms with van der Waals surface area (Å²) in [6.07, 6.45) is 0. The van der Waals surface area contributed by atoms with Crippen molar-refractivity contribution in [3.8, 4) is 5.75 Å². The van der Waals surface area contributed by atoms with E-state index in [0.29, 0.717) is 30.1 Å². The van der Waals surface area contributed by atoms with Gasteiger partial charge in [0, 0.05) is 22.7 Å². The van der Waals surface area contributed by atoms with Gasteiger partial charge in [0.15, 0.2) is 5.11 Å². The first-order chi connectivity index (χ1) is 13.4. The smallest absolute Gasteiger partial charge is 0.269 e. The summed E-state index contributed by atoms with van der Waals surface area (Å²) in [5.41, 5.74) is 6.81. The van der Waals surface area contributed by atoms with E-state index in [4.69, 9.17) is 21.7 Å². The van der Waals surface area contributed by atoms with Crippen molar-refractivity contribution in [3.63, 3.8) is 0 Å². The van der Waals surface area contributed by atoms with Crippen molar-refractivity contribution < 1.29 is 19.1 Å². The van der Waals surface area contributed by atoms with Crippen LogP contribution in [0.2, 0.25) is 0 Å². The van der Waals surface area contributed by atoms with Gasteiger partial charge in [0.1, 0.15) is 12.4 Å². The number of ether oxygens (including phenoxy) is 2. The lowest BCUT2D eigenvalue weighted by molar-refractivity contribution is 0.0934. The van der Waals surface area contributed by atoms with E-state index in [-0.39, 0.29) is 11.0 Å². The molecule has 0 bridgehead atoms. The number of carbonyl (C=O) groups excluding carboxylic acids is 2. The van der Waals surface area contributed by atoms with Gasteiger partial charge in [-0.3, -0.25) is 25.8 Å². The molecule has 0 saturated heterocycles. The third-order valence-electron chi connectivity index (χ3n) is 3.62. The molecule has 0 aliphatic carbocycles. The van der Waals surface area contributed by atoms with Gasteiger partial charge >= 0.3 is 0 Å². The molecular formula is C19H20BrN3O4S. The molecule has 0 spiro atoms. The number of rotatable bonds is 6. The zero-order chi connectivity index (χ0) is 20.5. The van der Waals surface area contributed by atoms with E-state index in [9.17, 15) is 9.59 Å². The van der Waals surface area contributed by atoms with E-state index < -0.39 is 5.91 Å². The number of nitrogens with one attached hydrogen (secondary N) is 3. The summed E-state index contributed by atoms with van der Waals surface area (Å²) >= 11 is 8.41. The van der Waals surface area contributed by atoms with Gasteiger partial charge < -0.3 is 9.47 Å². The van der Waals surface area contributed by atoms with E-state index in [0.717, 1.165) is 10.0 Å². The van der Waals surface area contributed by atoms with Gasteiger partial charge in [0.05, 0.1) is 6.61 Å². The summed E-state index contributed by atoms with van der Waals surface area (Å²) in [6.45, 7) is 2.83. The minimum Gasteiger partial charge on any atom is -0.491 e. The zero-order valence-corrected chi connectivity index (χ0v) is 17.8. The second-order valence-electron chi connectivity index (χ2n) is 5.69. The maximum Gasteiger partial charge on any atom is 0.269 e. The van der Waals surface area contributed by atoms with Crippen LogP contribution < -0.4 is 20.9 Å². The van der Waals surface area contributed by atoms with E-state index in [2.05, 4.69) is 32.1 Å². The maximum atomic E-state index is 12.2. The van der Waals surface area contributed by atoms with Crippen molar-refractivity contribution in [2.24, 2.45) is 0 Å². The van der Waals surface area contributed by atoms with Crippen molar-refractivity contribution in [3.05, 3.63) is 63.6 Å². The normalized spacial score (nSPS) is 10.1. The summed E-state index contributed by atoms with van der Waals surface area (Å²) in [5.74, 6) is -0.158. The van der Waals surface area contributed by atoms with Crippen LogP contribution in [0.15, 0.2) is 46.9 Å². The summed E-state index contributed by atoms with van der Waals surface area (Å²) in [5, 5.41) is 2.47. The summed E-state index contributed by atoms with van der Waals surface area (Å²) in [6, 6.07) is 11.8. The molecule has 0 aromatic heterocycles. The van der Waals surface area contributed by atoms with E-state index in [1.165, 1.54) is 0 Å². The minimum absolute atomic E-state index is 0.0232. The van der Waals surface area contributed by atoms with Crippen LogP contribution in [-0.4, -0.2) is 37.3 Å². The monoisotopic (exact) mass is 465 g/mol. The molecule has 3 N–H and O–H groups in total. The fourth-order valence-corrected chi connectivity index (χ4v) is 2.59. The van der Waals surface area contributed by atoms with Crippen molar-refractivity contribution in [2.75, 3.05) is 20.3 Å². The molecule has 0 aliphatic rings. The van der Waals surface area contributed by atoms with Crippen LogP contribution in [-0.2, 0) is 4.74 Å². The Morgan fingerprint density at radius 3 is 2.32 bits per heavy atom. The molecule has 2 aromatic rings. The Hall–Kier alpha value is -2.49. The second kappa shape index (κ2) is 10.7. The number of thiocarbonyl (C=S) groups is 1. The molecule has 148 valence electrons. The number of hydrazine groups is 1. The first kappa shape index (κ1) is 21.8. The Labute approximate surface area is 176 Å². The molecule has 2 aromatic carbocycles. The SMILES string of the molecule is COCCOc1ccc(C(=O)NC(=S)NNC(=O)c2ccc(C)c(Br)c2)cc1. The van der Waals surface area contributed by atoms with Crippen molar-refractivity contribution in [1.29, 1.82) is 0 Å². The molecule has 0 heterocycles. The van der Waals surface area contributed by atoms with Crippen LogP contribution >= 0.6 is 28.1 Å². The third kappa shape index (κ3) is 6.59. The van der Waals surface area contributed by atoms with Gasteiger partial charge in [-0.2, -0.15) is 0 Å². The highest BCUT2D eigenvalue weighted by atomic mass is 79.9. The molecule has 2 rings (SSSR count). The summed E-state index contributed by atoms with van der Waals surface area (Å²) in [7, 11) is 1.59. The maximum absolute atomic E-state index is 12.2. The number of hydrogen-bond donors (Lipinski definition) is 3. The average Bonchev–Trinajstić information content (AvgIpc) is 2.69. The molecule has 0 radical (unpaired) electrons. The molecule has 0 saturated carbocycles. The van der Waals surface area contributed by atoms with Crippen LogP contribution in [0.5, 0.6) is 5.75 Å². The van der Waals surface area contributed by atoms with E-state index in [1.54, 1.807) is 43.5 Å². The molecule has 0 atom stereocenters. The number of carbonyl (C=O) groups is 2. The Morgan fingerprint density at radius 1 is 1.00 bits per heavy atom. The first-order valence-electron chi connectivity index (χ1n) is 8.30. The standard InChI is InChI=1S/C19H20BrN3O4S/c1-12-3-4-14(11-16(12)20)18(25)22-23-19(28)21-17(24)13-5-7-15(8-6-13)27-10-9-26-2/h3-8,11H,9-10H2,1-2H3,(H,22,25)(H2,21,23,24,28). The van der Waals surface area contributed by atoms with Gasteiger partial charge in [-0.1, -0.05) is 22.0 Å². The van der Waals surface area contributed by atoms with Gasteiger partial charge in [-0.05, 0) is 61.1 Å². The number of aryl methyl sites for hydroxylation is 1. The molecule has 2 amide bonds. The highest BCUT2D eigenvalue weighted by molar-refractivity contribution is 9.10. The molecule has 0 fully saturated rings. The quantitative estimate of drug-likeness (QED) is 0.345. The summed E-state index contributed by atoms with van der Waals surface area (Å²) < 4.78 is 11.2. The van der Waals surface area contributed by atoms with Crippen molar-refractivity contribution in [1.82, 2.24) is 16.2 Å². The van der Waals surface area contributed by atoms with E-state index in [1.807, 2.05) is 13.0 Å². The molecule has 7 nitrogen and oxygen atoms in total. The fourth-order valence-electron chi connectivity index (χ4n) is 2.07. The predicted molar refractivity (Wildman–Crippen MR) is 113 cm³/mol. The van der Waals surface area contributed by atoms with Crippen LogP contribution in [0.1, 0.15) is 26.3 Å². The number of methoxy groups -OCH3 is 1. The van der Waals surface area contributed by atoms with Gasteiger partial charge in [0.25, 0.3) is 11.8 Å². The average molecular weight is 466 g/mol. The highest BCUT2D eigenvalue weighted by Crippen LogP contribution is 2.17. The summed E-state index contributed by atoms with van der Waals surface area (Å²) in [4.78, 5) is 24.3. The Morgan fingerprint density at radius 2 is 1.68 bits per heavy atom. The lowest BCUT2D eigenvalue weighted by atomic mass is 10.1. The van der Waals surface area contributed by atoms with Crippen LogP contribution in [0.25, 0.3) is 0 Å². The van der Waals surface area contributed by atoms with Crippen LogP contribution in [0, 0.1) is 6.92 Å². The van der Waals surface area contributed by atoms with Crippen molar-refractivity contribution >= 4 is 45.1 Å². The molecule has 9 heteroatoms. The number of hydrogen-bond acceptors (Lipinski definition) is 5. The fraction of sp³-hybridized carbons (Fsp3) is 0.211. The lowest BCUT2D eigenvalue weighted by Crippen LogP contribution is -2.48. The zero-order valence-electron chi connectivity index (χ0n) is 15.4. The van der Waals surface area contributed by atoms with Crippen molar-refractivity contribution in [2.45, 2.75) is 6.92 Å². The lowest BCUT2D eigenvalue weighted by Gasteiger charge is -2.11.